The Morgan fingerprint density at radius 3 is 1.63 bits per heavy atom. The number of nitrogens with one attached hydrogen (secondary N) is 3. The van der Waals surface area contributed by atoms with Gasteiger partial charge in [-0.2, -0.15) is 0 Å². The summed E-state index contributed by atoms with van der Waals surface area (Å²) < 4.78 is 50.7. The molecule has 32 nitrogen and oxygen atoms in total. The molecule has 0 aromatic rings. The van der Waals surface area contributed by atoms with Crippen LogP contribution in [0.3, 0.4) is 0 Å². The molecular formula is C39H65N3O29. The number of aliphatic hydroxyl groups is 15. The Hall–Kier alpha value is -3.08. The Labute approximate surface area is 402 Å². The molecular weight excluding hydrogens is 974 g/mol. The van der Waals surface area contributed by atoms with E-state index in [1.807, 2.05) is 0 Å². The average molecular weight is 1040 g/mol. The van der Waals surface area contributed by atoms with E-state index in [1.54, 1.807) is 0 Å². The van der Waals surface area contributed by atoms with Crippen LogP contribution in [0, 0.1) is 0 Å². The molecule has 5 saturated heterocycles. The van der Waals surface area contributed by atoms with Crippen LogP contribution >= 0.6 is 0 Å². The summed E-state index contributed by atoms with van der Waals surface area (Å²) in [5, 5.41) is 178. The summed E-state index contributed by atoms with van der Waals surface area (Å²) in [7, 11) is 0. The molecule has 0 aliphatic carbocycles. The maximum Gasteiger partial charge on any atom is 0.364 e. The van der Waals surface area contributed by atoms with E-state index in [2.05, 4.69) is 16.0 Å². The van der Waals surface area contributed by atoms with Crippen LogP contribution in [0.15, 0.2) is 0 Å². The highest BCUT2D eigenvalue weighted by atomic mass is 16.8. The number of amides is 3. The van der Waals surface area contributed by atoms with Gasteiger partial charge in [-0.15, -0.1) is 0 Å². The summed E-state index contributed by atoms with van der Waals surface area (Å²) in [4.78, 5) is 49.2. The lowest BCUT2D eigenvalue weighted by Crippen LogP contribution is -2.71. The number of hydrogen-bond donors (Lipinski definition) is 19. The third kappa shape index (κ3) is 13.1. The number of aliphatic hydroxyl groups excluding tert-OH is 15. The standard InChI is InChI=1S/C39H65N3O29/c1-10(47)40-19-13(50)4-39(38(61)62,70-31(19)22(52)14(51)5-43)71-32-25(55)16(7-45)66-37(29(32)59)68-30-17(8-46)67-36(21(27(30)57)42-12(3)49)69-33-28(58)24(54)18(64-34(33)60)9-63-35-20(41-11(2)48)26(56)23(53)15(6-44)65-35/h13-37,43-46,50-60H,4-9H2,1-3H3,(H,40,47)(H,41,48)(H,42,49)(H,61,62)/t13-,14+,15+,16+,17+,18+,19+,20+,21+,22+,23+,24+,25-,26+,27+,28-,29+,30+,31+,32-,33-,34-,35+,36-,37-,39-/m0/s1. The molecule has 5 aliphatic heterocycles. The number of rotatable bonds is 19. The molecule has 5 heterocycles. The lowest BCUT2D eigenvalue weighted by atomic mass is 9.88. The number of ether oxygens (including phenoxy) is 9. The van der Waals surface area contributed by atoms with Crippen LogP contribution < -0.4 is 16.0 Å². The Kier molecular flexibility index (Phi) is 20.7. The van der Waals surface area contributed by atoms with Gasteiger partial charge in [0, 0.05) is 27.2 Å². The van der Waals surface area contributed by atoms with Gasteiger partial charge < -0.3 is 140 Å². The van der Waals surface area contributed by atoms with Crippen LogP contribution in [-0.2, 0) is 61.8 Å². The molecule has 410 valence electrons. The highest BCUT2D eigenvalue weighted by molar-refractivity contribution is 5.77. The molecule has 0 bridgehead atoms. The first-order chi connectivity index (χ1) is 33.3. The highest BCUT2D eigenvalue weighted by Crippen LogP contribution is 2.39. The van der Waals surface area contributed by atoms with E-state index in [0.717, 1.165) is 20.8 Å². The van der Waals surface area contributed by atoms with E-state index in [9.17, 15) is 101 Å². The Morgan fingerprint density at radius 1 is 0.577 bits per heavy atom. The maximum atomic E-state index is 12.9. The van der Waals surface area contributed by atoms with E-state index < -0.39 is 222 Å². The molecule has 0 unspecified atom stereocenters. The molecule has 26 atom stereocenters. The lowest BCUT2D eigenvalue weighted by molar-refractivity contribution is -0.388. The van der Waals surface area contributed by atoms with Gasteiger partial charge in [0.05, 0.1) is 45.2 Å². The summed E-state index contributed by atoms with van der Waals surface area (Å²) in [6.07, 6.45) is -44.2. The lowest BCUT2D eigenvalue weighted by Gasteiger charge is -2.51. The molecule has 32 heteroatoms. The van der Waals surface area contributed by atoms with Gasteiger partial charge in [-0.25, -0.2) is 4.79 Å². The molecule has 71 heavy (non-hydrogen) atoms. The fraction of sp³-hybridized carbons (Fsp3) is 0.897. The van der Waals surface area contributed by atoms with Gasteiger partial charge in [-0.1, -0.05) is 0 Å². The van der Waals surface area contributed by atoms with Crippen molar-refractivity contribution in [3.63, 3.8) is 0 Å². The first-order valence-electron chi connectivity index (χ1n) is 22.2. The van der Waals surface area contributed by atoms with Crippen molar-refractivity contribution in [3.8, 4) is 0 Å². The zero-order valence-corrected chi connectivity index (χ0v) is 38.1. The van der Waals surface area contributed by atoms with Gasteiger partial charge in [-0.05, 0) is 0 Å². The van der Waals surface area contributed by atoms with E-state index in [1.165, 1.54) is 0 Å². The number of carbonyl (C=O) groups excluding carboxylic acids is 3. The molecule has 5 fully saturated rings. The number of carboxylic acid groups (broad SMARTS) is 1. The largest absolute Gasteiger partial charge is 0.477 e. The van der Waals surface area contributed by atoms with Crippen LogP contribution in [-0.4, -0.2) is 297 Å². The van der Waals surface area contributed by atoms with E-state index in [-0.39, 0.29) is 0 Å². The number of carbonyl (C=O) groups is 4. The molecule has 5 rings (SSSR count). The second-order valence-electron chi connectivity index (χ2n) is 17.6. The highest BCUT2D eigenvalue weighted by Gasteiger charge is 2.61. The second-order valence-corrected chi connectivity index (χ2v) is 17.6. The zero-order valence-electron chi connectivity index (χ0n) is 38.1. The number of carboxylic acids is 1. The minimum Gasteiger partial charge on any atom is -0.477 e. The normalized spacial score (nSPS) is 45.0. The van der Waals surface area contributed by atoms with Crippen LogP contribution in [0.1, 0.15) is 27.2 Å². The van der Waals surface area contributed by atoms with Crippen LogP contribution in [0.2, 0.25) is 0 Å². The van der Waals surface area contributed by atoms with Crippen molar-refractivity contribution in [2.75, 3.05) is 33.0 Å². The third-order valence-electron chi connectivity index (χ3n) is 12.5. The third-order valence-corrected chi connectivity index (χ3v) is 12.5. The van der Waals surface area contributed by atoms with Gasteiger partial charge >= 0.3 is 5.97 Å². The van der Waals surface area contributed by atoms with Gasteiger partial charge in [-0.3, -0.25) is 14.4 Å². The van der Waals surface area contributed by atoms with Crippen molar-refractivity contribution in [2.45, 2.75) is 186 Å². The van der Waals surface area contributed by atoms with E-state index >= 15 is 0 Å². The van der Waals surface area contributed by atoms with Crippen molar-refractivity contribution in [2.24, 2.45) is 0 Å². The monoisotopic (exact) mass is 1040 g/mol. The van der Waals surface area contributed by atoms with Crippen molar-refractivity contribution in [3.05, 3.63) is 0 Å². The fourth-order valence-electron chi connectivity index (χ4n) is 8.83. The van der Waals surface area contributed by atoms with Crippen LogP contribution in [0.25, 0.3) is 0 Å². The first kappa shape index (κ1) is 58.8. The maximum absolute atomic E-state index is 12.9. The molecule has 0 spiro atoms. The molecule has 0 aromatic heterocycles. The van der Waals surface area contributed by atoms with Gasteiger partial charge in [0.15, 0.2) is 25.2 Å². The van der Waals surface area contributed by atoms with E-state index in [4.69, 9.17) is 42.6 Å². The van der Waals surface area contributed by atoms with Crippen LogP contribution in [0.5, 0.6) is 0 Å². The summed E-state index contributed by atoms with van der Waals surface area (Å²) in [6.45, 7) is -1.76. The smallest absolute Gasteiger partial charge is 0.364 e. The Balaban J connectivity index is 1.33. The predicted octanol–water partition coefficient (Wildman–Crippen LogP) is -12.3. The van der Waals surface area contributed by atoms with Crippen molar-refractivity contribution in [1.82, 2.24) is 16.0 Å². The van der Waals surface area contributed by atoms with Crippen molar-refractivity contribution in [1.29, 1.82) is 0 Å². The predicted molar refractivity (Wildman–Crippen MR) is 219 cm³/mol. The van der Waals surface area contributed by atoms with Gasteiger partial charge in [0.1, 0.15) is 116 Å². The summed E-state index contributed by atoms with van der Waals surface area (Å²) in [5.74, 6) is -7.58. The Bertz CT molecular complexity index is 1780. The van der Waals surface area contributed by atoms with Gasteiger partial charge in [0.2, 0.25) is 17.7 Å². The average Bonchev–Trinajstić information content (AvgIpc) is 3.31. The first-order valence-corrected chi connectivity index (χ1v) is 22.2. The quantitative estimate of drug-likeness (QED) is 0.0571. The van der Waals surface area contributed by atoms with Gasteiger partial charge in [0.25, 0.3) is 5.79 Å². The molecule has 0 aromatic carbocycles. The molecule has 19 N–H and O–H groups in total. The number of hydrogen-bond acceptors (Lipinski definition) is 28. The number of aliphatic carboxylic acids is 1. The Morgan fingerprint density at radius 2 is 1.08 bits per heavy atom. The minimum absolute atomic E-state index is 0.678. The summed E-state index contributed by atoms with van der Waals surface area (Å²) >= 11 is 0. The SMILES string of the molecule is CC(=O)N[C@H]1[C@H](O[C@H]2[C@@H](O)[C@H](O)[C@@H](CO[C@@H]3O[C@H](CO)[C@@H](O)[C@H](O)[C@H]3NC(C)=O)O[C@@H]2O)O[C@H](CO)[C@@H](O[C@@H]2O[C@H](CO)[C@H](O)[C@H](O[C@]3(C(=O)O)C[C@H](O)[C@@H](NC(C)=O)[C@H]([C@H](O)[C@H](O)CO)O3)[C@H]2O)[C@@H]1O. The zero-order chi connectivity index (χ0) is 53.0. The summed E-state index contributed by atoms with van der Waals surface area (Å²) in [6, 6.07) is -4.86. The molecule has 3 amide bonds. The molecule has 5 aliphatic rings. The van der Waals surface area contributed by atoms with Crippen molar-refractivity contribution >= 4 is 23.7 Å². The van der Waals surface area contributed by atoms with E-state index in [0.29, 0.717) is 0 Å². The molecule has 0 radical (unpaired) electrons. The topological polar surface area (TPSA) is 511 Å². The van der Waals surface area contributed by atoms with Crippen LogP contribution in [0.4, 0.5) is 0 Å². The second kappa shape index (κ2) is 25.0. The fourth-order valence-corrected chi connectivity index (χ4v) is 8.83. The molecule has 0 saturated carbocycles. The van der Waals surface area contributed by atoms with Crippen molar-refractivity contribution < 1.29 is 144 Å². The minimum atomic E-state index is -3.16. The summed E-state index contributed by atoms with van der Waals surface area (Å²) in [5.41, 5.74) is 0.